The van der Waals surface area contributed by atoms with Crippen molar-refractivity contribution in [2.75, 3.05) is 14.2 Å². The van der Waals surface area contributed by atoms with Crippen LogP contribution in [0.2, 0.25) is 90.7 Å². The maximum atomic E-state index is 15.1. The van der Waals surface area contributed by atoms with E-state index in [1.165, 1.54) is 7.11 Å². The molecule has 0 aromatic rings. The highest BCUT2D eigenvalue weighted by molar-refractivity contribution is 6.75. The van der Waals surface area contributed by atoms with Crippen molar-refractivity contribution in [2.24, 2.45) is 22.9 Å². The Morgan fingerprint density at radius 1 is 0.509 bits per heavy atom. The number of hydrogen-bond donors (Lipinski definition) is 0. The maximum absolute atomic E-state index is 15.1. The molecule has 0 unspecified atom stereocenters. The lowest BCUT2D eigenvalue weighted by molar-refractivity contribution is -0.315. The van der Waals surface area contributed by atoms with Gasteiger partial charge in [0.15, 0.2) is 65.2 Å². The summed E-state index contributed by atoms with van der Waals surface area (Å²) < 4.78 is 106. The minimum atomic E-state index is -2.74. The number of nitrogens with zero attached hydrogens (tertiary/aromatic N) is 3. The highest BCUT2D eigenvalue weighted by atomic mass is 28.4. The molecule has 20 nitrogen and oxygen atoms in total. The van der Waals surface area contributed by atoms with Crippen molar-refractivity contribution in [3.05, 3.63) is 95.5 Å². The molecule has 5 rings (SSSR count). The fourth-order valence-electron chi connectivity index (χ4n) is 13.7. The Balaban J connectivity index is 1.76. The van der Waals surface area contributed by atoms with E-state index in [1.807, 2.05) is 114 Å². The molecule has 19 atom stereocenters. The van der Waals surface area contributed by atoms with Crippen LogP contribution in [0.1, 0.15) is 211 Å². The zero-order valence-electron chi connectivity index (χ0n) is 74.9. The van der Waals surface area contributed by atoms with Gasteiger partial charge in [0.1, 0.15) is 18.1 Å². The van der Waals surface area contributed by atoms with Gasteiger partial charge in [0.05, 0.1) is 86.7 Å². The summed E-state index contributed by atoms with van der Waals surface area (Å²) in [6.07, 6.45) is 21.5. The number of cyclic esters (lactones) is 1. The average Bonchev–Trinajstić information content (AvgIpc) is 1.12. The average molecular weight is 1630 g/mol. The topological polar surface area (TPSA) is 221 Å². The van der Waals surface area contributed by atoms with Gasteiger partial charge in [0.25, 0.3) is 0 Å². The minimum absolute atomic E-state index is 0.00411. The van der Waals surface area contributed by atoms with Gasteiger partial charge in [0.2, 0.25) is 0 Å². The summed E-state index contributed by atoms with van der Waals surface area (Å²) in [6, 6.07) is -0.865. The fourth-order valence-corrected chi connectivity index (χ4v) is 20.5. The molecular formula is C85H153N3O17Si5. The predicted molar refractivity (Wildman–Crippen MR) is 455 cm³/mol. The lowest BCUT2D eigenvalue weighted by Gasteiger charge is -2.52. The van der Waals surface area contributed by atoms with Gasteiger partial charge in [-0.05, 0) is 156 Å². The van der Waals surface area contributed by atoms with Crippen LogP contribution < -0.4 is 0 Å². The first-order chi connectivity index (χ1) is 50.2. The van der Waals surface area contributed by atoms with Gasteiger partial charge in [-0.15, -0.1) is 0 Å². The Bertz CT molecular complexity index is 3230. The van der Waals surface area contributed by atoms with Gasteiger partial charge in [-0.3, -0.25) is 9.59 Å². The van der Waals surface area contributed by atoms with Crippen LogP contribution in [0, 0.1) is 17.8 Å². The fraction of sp³-hybridized carbons (Fsp3) is 0.812. The molecule has 0 spiro atoms. The molecule has 4 saturated heterocycles. The summed E-state index contributed by atoms with van der Waals surface area (Å²) in [4.78, 5) is 32.9. The van der Waals surface area contributed by atoms with Crippen LogP contribution in [0.5, 0.6) is 0 Å². The van der Waals surface area contributed by atoms with Crippen LogP contribution >= 0.6 is 0 Å². The first-order valence-corrected chi connectivity index (χ1v) is 55.3. The molecule has 4 fully saturated rings. The van der Waals surface area contributed by atoms with Crippen LogP contribution in [0.4, 0.5) is 0 Å². The molecule has 5 aliphatic rings. The van der Waals surface area contributed by atoms with Crippen molar-refractivity contribution in [3.63, 3.8) is 0 Å². The highest BCUT2D eigenvalue weighted by Gasteiger charge is 2.59. The van der Waals surface area contributed by atoms with Crippen molar-refractivity contribution in [3.8, 4) is 0 Å². The van der Waals surface area contributed by atoms with E-state index in [9.17, 15) is 10.3 Å². The number of methoxy groups -OCH3 is 2. The van der Waals surface area contributed by atoms with Crippen molar-refractivity contribution < 1.29 is 79.1 Å². The summed E-state index contributed by atoms with van der Waals surface area (Å²) in [5, 5.41) is 3.55. The van der Waals surface area contributed by atoms with Gasteiger partial charge in [0, 0.05) is 50.0 Å². The maximum Gasteiger partial charge on any atom is 0.313 e. The van der Waals surface area contributed by atoms with E-state index < -0.39 is 150 Å². The summed E-state index contributed by atoms with van der Waals surface area (Å²) >= 11 is 0. The number of rotatable bonds is 15. The molecule has 0 radical (unpaired) electrons. The van der Waals surface area contributed by atoms with E-state index in [-0.39, 0.29) is 80.9 Å². The number of fused-ring (bicyclic) bond motifs is 5. The van der Waals surface area contributed by atoms with E-state index in [4.69, 9.17) is 69.5 Å². The van der Waals surface area contributed by atoms with Crippen molar-refractivity contribution in [2.45, 2.75) is 410 Å². The number of azide groups is 1. The van der Waals surface area contributed by atoms with Gasteiger partial charge in [-0.25, -0.2) is 0 Å². The Morgan fingerprint density at radius 2 is 0.955 bits per heavy atom. The second-order valence-corrected chi connectivity index (χ2v) is 64.2. The quantitative estimate of drug-likeness (QED) is 0.0489. The van der Waals surface area contributed by atoms with Crippen LogP contribution in [0.15, 0.2) is 90.2 Å². The molecule has 4 bridgehead atoms. The summed E-state index contributed by atoms with van der Waals surface area (Å²) in [6.45, 7) is 71.1. The summed E-state index contributed by atoms with van der Waals surface area (Å²) in [5.74, 6) is -5.35. The van der Waals surface area contributed by atoms with E-state index in [0.29, 0.717) is 25.7 Å². The molecule has 0 aromatic carbocycles. The molecule has 0 aromatic heterocycles. The Kier molecular flexibility index (Phi) is 34.2. The monoisotopic (exact) mass is 1630 g/mol. The zero-order valence-corrected chi connectivity index (χ0v) is 79.9. The largest absolute Gasteiger partial charge is 0.469 e. The molecule has 25 heteroatoms. The van der Waals surface area contributed by atoms with E-state index in [1.54, 1.807) is 7.11 Å². The third-order valence-electron chi connectivity index (χ3n) is 25.4. The van der Waals surface area contributed by atoms with Gasteiger partial charge in [-0.1, -0.05) is 208 Å². The number of hydrogen-bond acceptors (Lipinski definition) is 18. The molecular weight excluding hydrogens is 1480 g/mol. The number of allylic oxidation sites excluding steroid dienone is 12. The van der Waals surface area contributed by atoms with Crippen molar-refractivity contribution in [1.82, 2.24) is 0 Å². The normalized spacial score (nSPS) is 35.2. The summed E-state index contributed by atoms with van der Waals surface area (Å²) in [7, 11) is -9.88. The van der Waals surface area contributed by atoms with Crippen molar-refractivity contribution in [1.29, 1.82) is 0 Å². The molecule has 110 heavy (non-hydrogen) atoms. The molecule has 0 saturated carbocycles. The third kappa shape index (κ3) is 27.3. The smallest absolute Gasteiger partial charge is 0.313 e. The van der Waals surface area contributed by atoms with E-state index >= 15 is 4.79 Å². The molecule has 5 aliphatic heterocycles. The number of carbonyl (C=O) groups excluding carboxylic acids is 2. The van der Waals surface area contributed by atoms with Gasteiger partial charge < -0.3 is 69.5 Å². The number of esters is 2. The minimum Gasteiger partial charge on any atom is -0.469 e. The van der Waals surface area contributed by atoms with E-state index in [0.717, 1.165) is 0 Å². The molecule has 0 amide bonds. The summed E-state index contributed by atoms with van der Waals surface area (Å²) in [5.41, 5.74) is 10.6. The van der Waals surface area contributed by atoms with Crippen LogP contribution in [-0.4, -0.2) is 177 Å². The van der Waals surface area contributed by atoms with Gasteiger partial charge in [-0.2, -0.15) is 0 Å². The Hall–Kier alpha value is -3.01. The lowest BCUT2D eigenvalue weighted by Crippen LogP contribution is -2.64. The molecule has 0 aliphatic carbocycles. The lowest BCUT2D eigenvalue weighted by atomic mass is 9.82. The molecule has 5 heterocycles. The zero-order chi connectivity index (χ0) is 83.6. The Morgan fingerprint density at radius 3 is 1.45 bits per heavy atom. The first-order valence-electron chi connectivity index (χ1n) is 40.8. The predicted octanol–water partition coefficient (Wildman–Crippen LogP) is 21.5. The molecule has 630 valence electrons. The first kappa shape index (κ1) is 97.6. The Labute approximate surface area is 671 Å². The van der Waals surface area contributed by atoms with Gasteiger partial charge >= 0.3 is 11.9 Å². The third-order valence-corrected chi connectivity index (χ3v) is 47.9. The van der Waals surface area contributed by atoms with E-state index in [2.05, 4.69) is 205 Å². The number of ether oxygens (including phenoxy) is 10. The van der Waals surface area contributed by atoms with Crippen LogP contribution in [0.25, 0.3) is 10.4 Å². The SMILES string of the molecule is COC(=O)[C@H]1[C@@H]2C[C@@H](O[C@H]3O[C@H](C)[C@@H](O[Si](C)(C)C(C)(C)C)[C@H](N=[N+]=[N-])[C@@H]3O[Si](C)(C)C(C)(C)C)/C=C/C=C/C=C/C=C/C=C/C=C/C=C/[C@H](C)[C@@H](O[Si](C)(C)C(C)(C)C)[C@@H](C)[C@H](C)OC(=O)C[C@H]3C[C@@H](CC[C@H]4OC(C)(C)O[C@@H]4C[C@H](O[Si](C)(C)C(C)(C)C)C[C@](OC)(C[C@@H]1O[Si](C)(C)C(C)(C)C)O2)OC(C)(C)O3. The van der Waals surface area contributed by atoms with Crippen molar-refractivity contribution >= 4 is 53.5 Å². The molecule has 0 N–H and O–H groups in total. The standard InChI is InChI=1S/C85H153N3O17Si5/c1-58-48-46-44-42-40-38-36-37-39-41-43-45-47-49-62(95-77-75(105-110(34,35)82(17,18)19)72(87-88-86)74(61(4)94-77)104-109(32,33)81(14,15)16)53-68-71(76(90)91-24)69(102-107(28,29)79(8,9)10)57-85(92-25,100-68)56-65(101-106(26,27)78(5,6)7)54-67-66(98-84(22,23)99-67)51-50-63-52-64(97-83(20,21)96-63)55-70(89)93-60(3)59(2)73(58)103-108(30,31)80(11,12)13/h36-49,58-69,71-75,77H,50-57H2,1-35H3/b37-36+,40-38+,41-39+,44-42+,45-43+,48-46+,49-47+/t58-,59-,60-,61+,62-,63+,64+,65-,66+,67+,68-,69-,71-,72-,73+,74+,75-,77+,85+/m0/s1. The number of carbonyl (C=O) groups is 2. The second-order valence-electron chi connectivity index (χ2n) is 40.4. The highest BCUT2D eigenvalue weighted by Crippen LogP contribution is 2.51. The second kappa shape index (κ2) is 38.6. The van der Waals surface area contributed by atoms with Crippen LogP contribution in [0.3, 0.4) is 0 Å². The van der Waals surface area contributed by atoms with Crippen LogP contribution in [-0.2, 0) is 79.1 Å².